The highest BCUT2D eigenvalue weighted by molar-refractivity contribution is 7.47. The molecule has 0 fully saturated rings. The van der Waals surface area contributed by atoms with Gasteiger partial charge in [0.1, 0.15) is 12.7 Å². The van der Waals surface area contributed by atoms with Crippen molar-refractivity contribution < 1.29 is 47.8 Å². The second kappa shape index (κ2) is 46.9. The minimum atomic E-state index is -4.63. The number of hydrogen-bond acceptors (Lipinski definition) is 9. The monoisotopic (exact) mass is 897 g/mol. The average Bonchev–Trinajstić information content (AvgIpc) is 3.26. The van der Waals surface area contributed by atoms with E-state index in [1.165, 1.54) is 128 Å². The molecule has 0 aliphatic heterocycles. The van der Waals surface area contributed by atoms with E-state index in [9.17, 15) is 24.2 Å². The fourth-order valence-electron chi connectivity index (χ4n) is 6.86. The summed E-state index contributed by atoms with van der Waals surface area (Å²) >= 11 is 0. The fourth-order valence-corrected chi connectivity index (χ4v) is 7.65. The summed E-state index contributed by atoms with van der Waals surface area (Å²) < 4.78 is 32.8. The highest BCUT2D eigenvalue weighted by atomic mass is 31.2. The largest absolute Gasteiger partial charge is 0.472 e. The molecule has 3 atom stereocenters. The van der Waals surface area contributed by atoms with Crippen molar-refractivity contribution in [3.63, 3.8) is 0 Å². The number of ether oxygens (including phenoxy) is 2. The van der Waals surface area contributed by atoms with E-state index in [2.05, 4.69) is 62.5 Å². The number of phosphoric acid groups is 1. The van der Waals surface area contributed by atoms with E-state index in [4.69, 9.17) is 23.6 Å². The second-order valence-electron chi connectivity index (χ2n) is 16.8. The van der Waals surface area contributed by atoms with Crippen molar-refractivity contribution in [3.8, 4) is 0 Å². The van der Waals surface area contributed by atoms with E-state index in [-0.39, 0.29) is 19.4 Å². The molecule has 0 aromatic heterocycles. The Morgan fingerprint density at radius 3 is 1.29 bits per heavy atom. The minimum absolute atomic E-state index is 0.179. The summed E-state index contributed by atoms with van der Waals surface area (Å²) in [6, 6.07) is 0. The third kappa shape index (κ3) is 45.9. The van der Waals surface area contributed by atoms with Crippen LogP contribution in [0.25, 0.3) is 0 Å². The van der Waals surface area contributed by atoms with Gasteiger partial charge in [0.05, 0.1) is 19.8 Å². The zero-order valence-electron chi connectivity index (χ0n) is 39.6. The first kappa shape index (κ1) is 59.9. The van der Waals surface area contributed by atoms with Crippen LogP contribution < -0.4 is 0 Å². The number of carbonyl (C=O) groups excluding carboxylic acids is 2. The SMILES string of the molecule is CCCCC/C=C/C/C=C/C/C=C/C/C=C/CCCCCC(=O)OC[C@H](COP(=O)(O)OC[C@@H](O)CO)OC(=O)CCCCCCCCCCCCCCCCCCCCCC. The van der Waals surface area contributed by atoms with Gasteiger partial charge in [-0.05, 0) is 57.8 Å². The number of unbranched alkanes of at least 4 members (excludes halogenated alkanes) is 25. The molecule has 0 bridgehead atoms. The summed E-state index contributed by atoms with van der Waals surface area (Å²) in [5, 5.41) is 18.4. The van der Waals surface area contributed by atoms with Gasteiger partial charge in [-0.25, -0.2) is 4.57 Å². The molecule has 3 N–H and O–H groups in total. The summed E-state index contributed by atoms with van der Waals surface area (Å²) in [6.07, 6.45) is 52.2. The van der Waals surface area contributed by atoms with Gasteiger partial charge in [0.2, 0.25) is 0 Å². The van der Waals surface area contributed by atoms with Gasteiger partial charge < -0.3 is 24.6 Å². The van der Waals surface area contributed by atoms with Crippen LogP contribution >= 0.6 is 7.82 Å². The van der Waals surface area contributed by atoms with Gasteiger partial charge in [-0.15, -0.1) is 0 Å². The minimum Gasteiger partial charge on any atom is -0.462 e. The number of aliphatic hydroxyl groups is 2. The van der Waals surface area contributed by atoms with Gasteiger partial charge in [0.15, 0.2) is 6.10 Å². The van der Waals surface area contributed by atoms with Crippen molar-refractivity contribution in [1.82, 2.24) is 0 Å². The average molecular weight is 897 g/mol. The van der Waals surface area contributed by atoms with Crippen molar-refractivity contribution in [1.29, 1.82) is 0 Å². The molecule has 0 heterocycles. The van der Waals surface area contributed by atoms with Gasteiger partial charge in [0.25, 0.3) is 0 Å². The predicted molar refractivity (Wildman–Crippen MR) is 256 cm³/mol. The third-order valence-electron chi connectivity index (χ3n) is 10.7. The summed E-state index contributed by atoms with van der Waals surface area (Å²) in [5.74, 6) is -0.953. The van der Waals surface area contributed by atoms with Gasteiger partial charge in [0, 0.05) is 12.8 Å². The molecular formula is C51H93O10P. The maximum absolute atomic E-state index is 12.7. The lowest BCUT2D eigenvalue weighted by molar-refractivity contribution is -0.161. The normalized spacial score (nSPS) is 14.1. The van der Waals surface area contributed by atoms with Crippen LogP contribution in [0, 0.1) is 0 Å². The highest BCUT2D eigenvalue weighted by Gasteiger charge is 2.27. The number of esters is 2. The highest BCUT2D eigenvalue weighted by Crippen LogP contribution is 2.43. The summed E-state index contributed by atoms with van der Waals surface area (Å²) in [4.78, 5) is 35.1. The van der Waals surface area contributed by atoms with E-state index in [0.29, 0.717) is 12.8 Å². The molecular weight excluding hydrogens is 804 g/mol. The lowest BCUT2D eigenvalue weighted by atomic mass is 10.0. The number of carbonyl (C=O) groups is 2. The molecule has 0 aliphatic rings. The second-order valence-corrected chi connectivity index (χ2v) is 18.3. The van der Waals surface area contributed by atoms with E-state index in [1.807, 2.05) is 0 Å². The number of allylic oxidation sites excluding steroid dienone is 8. The molecule has 0 saturated heterocycles. The van der Waals surface area contributed by atoms with Crippen molar-refractivity contribution in [2.75, 3.05) is 26.4 Å². The number of rotatable bonds is 47. The zero-order valence-corrected chi connectivity index (χ0v) is 40.5. The summed E-state index contributed by atoms with van der Waals surface area (Å²) in [5.41, 5.74) is 0. The molecule has 10 nitrogen and oxygen atoms in total. The lowest BCUT2D eigenvalue weighted by Crippen LogP contribution is -2.29. The molecule has 62 heavy (non-hydrogen) atoms. The first-order chi connectivity index (χ1) is 30.2. The van der Waals surface area contributed by atoms with E-state index >= 15 is 0 Å². The first-order valence-electron chi connectivity index (χ1n) is 25.1. The van der Waals surface area contributed by atoms with E-state index in [0.717, 1.165) is 57.8 Å². The Kier molecular flexibility index (Phi) is 45.3. The van der Waals surface area contributed by atoms with Crippen LogP contribution in [0.3, 0.4) is 0 Å². The molecule has 0 spiro atoms. The zero-order chi connectivity index (χ0) is 45.5. The molecule has 0 aromatic rings. The molecule has 0 rings (SSSR count). The van der Waals surface area contributed by atoms with Crippen molar-refractivity contribution in [2.24, 2.45) is 0 Å². The van der Waals surface area contributed by atoms with Crippen molar-refractivity contribution >= 4 is 19.8 Å². The predicted octanol–water partition coefficient (Wildman–Crippen LogP) is 14.1. The van der Waals surface area contributed by atoms with Gasteiger partial charge in [-0.1, -0.05) is 204 Å². The molecule has 11 heteroatoms. The Balaban J connectivity index is 4.24. The van der Waals surface area contributed by atoms with Crippen LogP contribution in [0.1, 0.15) is 226 Å². The molecule has 1 unspecified atom stereocenters. The fraction of sp³-hybridized carbons (Fsp3) is 0.804. The van der Waals surface area contributed by atoms with Gasteiger partial charge >= 0.3 is 19.8 Å². The maximum Gasteiger partial charge on any atom is 0.472 e. The Labute approximate surface area is 379 Å². The molecule has 0 saturated carbocycles. The van der Waals surface area contributed by atoms with Crippen LogP contribution in [0.2, 0.25) is 0 Å². The number of aliphatic hydroxyl groups excluding tert-OH is 2. The Morgan fingerprint density at radius 1 is 0.484 bits per heavy atom. The summed E-state index contributed by atoms with van der Waals surface area (Å²) in [6.45, 7) is 2.35. The van der Waals surface area contributed by atoms with Crippen LogP contribution in [-0.2, 0) is 32.7 Å². The number of phosphoric ester groups is 1. The summed E-state index contributed by atoms with van der Waals surface area (Å²) in [7, 11) is -4.63. The topological polar surface area (TPSA) is 149 Å². The van der Waals surface area contributed by atoms with Crippen LogP contribution in [0.5, 0.6) is 0 Å². The molecule has 362 valence electrons. The van der Waals surface area contributed by atoms with Crippen molar-refractivity contribution in [2.45, 2.75) is 238 Å². The van der Waals surface area contributed by atoms with Crippen molar-refractivity contribution in [3.05, 3.63) is 48.6 Å². The third-order valence-corrected chi connectivity index (χ3v) is 11.7. The molecule has 0 amide bonds. The van der Waals surface area contributed by atoms with Gasteiger partial charge in [-0.2, -0.15) is 0 Å². The quantitative estimate of drug-likeness (QED) is 0.0233. The van der Waals surface area contributed by atoms with Gasteiger partial charge in [-0.3, -0.25) is 18.6 Å². The van der Waals surface area contributed by atoms with E-state index in [1.54, 1.807) is 0 Å². The molecule has 0 aliphatic carbocycles. The Morgan fingerprint density at radius 2 is 0.839 bits per heavy atom. The number of hydrogen-bond donors (Lipinski definition) is 3. The molecule has 0 aromatic carbocycles. The molecule has 0 radical (unpaired) electrons. The lowest BCUT2D eigenvalue weighted by Gasteiger charge is -2.20. The Bertz CT molecular complexity index is 1170. The first-order valence-corrected chi connectivity index (χ1v) is 26.6. The van der Waals surface area contributed by atoms with Crippen LogP contribution in [0.15, 0.2) is 48.6 Å². The Hall–Kier alpha value is -2.07. The van der Waals surface area contributed by atoms with Crippen LogP contribution in [0.4, 0.5) is 0 Å². The standard InChI is InChI=1S/C51H93O10P/c1-3-5-7-9-11-13-15-17-19-21-23-25-27-29-31-33-35-37-39-41-43-51(55)61-49(47-60-62(56,57)59-45-48(53)44-52)46-58-50(54)42-40-38-36-34-32-30-28-26-24-22-20-18-16-14-12-10-8-6-4-2/h12,14,18,20,24,26,30,32,48-49,52-53H,3-11,13,15-17,19,21-23,25,27-29,31,33-47H2,1-2H3,(H,56,57)/b14-12+,20-18+,26-24+,32-30+/t48-,49+/m0/s1. The van der Waals surface area contributed by atoms with E-state index < -0.39 is 51.8 Å². The smallest absolute Gasteiger partial charge is 0.462 e. The van der Waals surface area contributed by atoms with Crippen LogP contribution in [-0.4, -0.2) is 65.7 Å². The maximum atomic E-state index is 12.7.